The number of anilines is 1. The fraction of sp³-hybridized carbons (Fsp3) is 0.545. The number of nitrogens with one attached hydrogen (secondary N) is 1. The van der Waals surface area contributed by atoms with E-state index in [1.165, 1.54) is 11.1 Å². The van der Waals surface area contributed by atoms with Crippen molar-refractivity contribution >= 4 is 23.1 Å². The van der Waals surface area contributed by atoms with Crippen molar-refractivity contribution in [2.75, 3.05) is 31.5 Å². The fourth-order valence-electron chi connectivity index (χ4n) is 1.64. The first-order valence-electron chi connectivity index (χ1n) is 6.06. The Bertz CT molecular complexity index is 499. The topological polar surface area (TPSA) is 71.3 Å². The van der Waals surface area contributed by atoms with E-state index in [0.717, 1.165) is 6.07 Å². The summed E-state index contributed by atoms with van der Waals surface area (Å²) in [6.07, 6.45) is -3.05. The predicted molar refractivity (Wildman–Crippen MR) is 72.6 cm³/mol. The second kappa shape index (κ2) is 7.41. The number of pyridine rings is 1. The molecule has 0 saturated carbocycles. The Balaban J connectivity index is 2.61. The fourth-order valence-corrected chi connectivity index (χ4v) is 1.79. The van der Waals surface area contributed by atoms with Crippen LogP contribution in [-0.4, -0.2) is 47.2 Å². The molecule has 0 aliphatic carbocycles. The molecule has 0 atom stereocenters. The molecule has 0 aromatic carbocycles. The van der Waals surface area contributed by atoms with Crippen molar-refractivity contribution in [3.63, 3.8) is 0 Å². The first-order valence-corrected chi connectivity index (χ1v) is 6.43. The normalized spacial score (nSPS) is 11.7. The molecule has 0 unspecified atom stereocenters. The van der Waals surface area contributed by atoms with Crippen LogP contribution in [0.1, 0.15) is 6.92 Å². The Morgan fingerprint density at radius 2 is 2.19 bits per heavy atom. The van der Waals surface area contributed by atoms with E-state index < -0.39 is 17.6 Å². The molecule has 0 aliphatic heterocycles. The first kappa shape index (κ1) is 17.4. The van der Waals surface area contributed by atoms with Crippen LogP contribution in [-0.2, 0) is 0 Å². The smallest absolute Gasteiger partial charge is 0.363 e. The highest BCUT2D eigenvalue weighted by molar-refractivity contribution is 6.30. The van der Waals surface area contributed by atoms with Crippen LogP contribution in [0.25, 0.3) is 0 Å². The van der Waals surface area contributed by atoms with E-state index in [-0.39, 0.29) is 36.2 Å². The standard InChI is InChI=1S/C11H14ClF3N4O2/c1-2-18(7-11(13,14)15)4-3-16-10-9(19(20)21)5-8(12)6-17-10/h5-6H,2-4,7H2,1H3,(H,16,17). The summed E-state index contributed by atoms with van der Waals surface area (Å²) in [7, 11) is 0. The monoisotopic (exact) mass is 326 g/mol. The molecular formula is C11H14ClF3N4O2. The van der Waals surface area contributed by atoms with Crippen LogP contribution in [0.15, 0.2) is 12.3 Å². The number of hydrogen-bond donors (Lipinski definition) is 1. The van der Waals surface area contributed by atoms with Gasteiger partial charge in [0.15, 0.2) is 0 Å². The Morgan fingerprint density at radius 1 is 1.52 bits per heavy atom. The van der Waals surface area contributed by atoms with Crippen LogP contribution in [0, 0.1) is 10.1 Å². The molecule has 10 heteroatoms. The Kier molecular flexibility index (Phi) is 6.16. The lowest BCUT2D eigenvalue weighted by Gasteiger charge is -2.21. The second-order valence-electron chi connectivity index (χ2n) is 4.19. The molecule has 0 spiro atoms. The quantitative estimate of drug-likeness (QED) is 0.616. The molecule has 1 rings (SSSR count). The molecule has 0 bridgehead atoms. The SMILES string of the molecule is CCN(CCNc1ncc(Cl)cc1[N+](=O)[O-])CC(F)(F)F. The second-order valence-corrected chi connectivity index (χ2v) is 4.63. The molecule has 1 heterocycles. The van der Waals surface area contributed by atoms with Gasteiger partial charge in [-0.05, 0) is 6.54 Å². The third-order valence-corrected chi connectivity index (χ3v) is 2.81. The van der Waals surface area contributed by atoms with E-state index >= 15 is 0 Å². The number of likely N-dealkylation sites (N-methyl/N-ethyl adjacent to an activating group) is 1. The number of hydrogen-bond acceptors (Lipinski definition) is 5. The van der Waals surface area contributed by atoms with Crippen molar-refractivity contribution in [3.8, 4) is 0 Å². The van der Waals surface area contributed by atoms with Crippen LogP contribution >= 0.6 is 11.6 Å². The number of alkyl halides is 3. The minimum absolute atomic E-state index is 0.0209. The Labute approximate surface area is 124 Å². The zero-order chi connectivity index (χ0) is 16.0. The molecular weight excluding hydrogens is 313 g/mol. The summed E-state index contributed by atoms with van der Waals surface area (Å²) in [6.45, 7) is 0.976. The lowest BCUT2D eigenvalue weighted by molar-refractivity contribution is -0.384. The highest BCUT2D eigenvalue weighted by atomic mass is 35.5. The summed E-state index contributed by atoms with van der Waals surface area (Å²) < 4.78 is 36.8. The van der Waals surface area contributed by atoms with Gasteiger partial charge in [0.1, 0.15) is 0 Å². The van der Waals surface area contributed by atoms with E-state index in [1.807, 2.05) is 0 Å². The molecule has 1 aromatic rings. The maximum atomic E-state index is 12.3. The van der Waals surface area contributed by atoms with E-state index in [9.17, 15) is 23.3 Å². The molecule has 0 fully saturated rings. The minimum Gasteiger partial charge on any atom is -0.363 e. The van der Waals surface area contributed by atoms with E-state index in [1.54, 1.807) is 6.92 Å². The zero-order valence-corrected chi connectivity index (χ0v) is 11.9. The van der Waals surface area contributed by atoms with Gasteiger partial charge in [-0.3, -0.25) is 15.0 Å². The number of nitrogens with zero attached hydrogens (tertiary/aromatic N) is 3. The molecule has 1 aromatic heterocycles. The highest BCUT2D eigenvalue weighted by Gasteiger charge is 2.29. The zero-order valence-electron chi connectivity index (χ0n) is 11.2. The lowest BCUT2D eigenvalue weighted by Crippen LogP contribution is -2.37. The summed E-state index contributed by atoms with van der Waals surface area (Å²) >= 11 is 5.61. The third kappa shape index (κ3) is 6.13. The van der Waals surface area contributed by atoms with Gasteiger partial charge in [-0.2, -0.15) is 13.2 Å². The van der Waals surface area contributed by atoms with Crippen molar-refractivity contribution in [1.29, 1.82) is 0 Å². The van der Waals surface area contributed by atoms with Gasteiger partial charge in [-0.25, -0.2) is 4.98 Å². The van der Waals surface area contributed by atoms with Crippen molar-refractivity contribution in [1.82, 2.24) is 9.88 Å². The molecule has 1 N–H and O–H groups in total. The summed E-state index contributed by atoms with van der Waals surface area (Å²) in [5, 5.41) is 13.6. The summed E-state index contributed by atoms with van der Waals surface area (Å²) in [4.78, 5) is 15.1. The van der Waals surface area contributed by atoms with Gasteiger partial charge in [0, 0.05) is 25.4 Å². The number of rotatable bonds is 7. The average Bonchev–Trinajstić information content (AvgIpc) is 2.37. The van der Waals surface area contributed by atoms with Gasteiger partial charge >= 0.3 is 11.9 Å². The maximum absolute atomic E-state index is 12.3. The van der Waals surface area contributed by atoms with Gasteiger partial charge in [-0.1, -0.05) is 18.5 Å². The van der Waals surface area contributed by atoms with Gasteiger partial charge < -0.3 is 5.32 Å². The van der Waals surface area contributed by atoms with Gasteiger partial charge in [0.05, 0.1) is 16.5 Å². The highest BCUT2D eigenvalue weighted by Crippen LogP contribution is 2.24. The van der Waals surface area contributed by atoms with E-state index in [2.05, 4.69) is 10.3 Å². The third-order valence-electron chi connectivity index (χ3n) is 2.60. The van der Waals surface area contributed by atoms with Crippen LogP contribution < -0.4 is 5.32 Å². The number of nitro groups is 1. The van der Waals surface area contributed by atoms with Crippen LogP contribution in [0.3, 0.4) is 0 Å². The molecule has 21 heavy (non-hydrogen) atoms. The van der Waals surface area contributed by atoms with Crippen molar-refractivity contribution < 1.29 is 18.1 Å². The Hall–Kier alpha value is -1.61. The minimum atomic E-state index is -4.28. The van der Waals surface area contributed by atoms with E-state index in [0.29, 0.717) is 0 Å². The van der Waals surface area contributed by atoms with Crippen molar-refractivity contribution in [2.45, 2.75) is 13.1 Å². The summed E-state index contributed by atoms with van der Waals surface area (Å²) in [6, 6.07) is 1.13. The van der Waals surface area contributed by atoms with E-state index in [4.69, 9.17) is 11.6 Å². The predicted octanol–water partition coefficient (Wildman–Crippen LogP) is 2.94. The Morgan fingerprint density at radius 3 is 2.71 bits per heavy atom. The van der Waals surface area contributed by atoms with Crippen LogP contribution in [0.2, 0.25) is 5.02 Å². The van der Waals surface area contributed by atoms with Crippen molar-refractivity contribution in [3.05, 3.63) is 27.4 Å². The van der Waals surface area contributed by atoms with Crippen LogP contribution in [0.5, 0.6) is 0 Å². The molecule has 0 radical (unpaired) electrons. The van der Waals surface area contributed by atoms with Gasteiger partial charge in [0.2, 0.25) is 5.82 Å². The molecule has 0 amide bonds. The largest absolute Gasteiger partial charge is 0.401 e. The summed E-state index contributed by atoms with van der Waals surface area (Å²) in [5.74, 6) is -0.0209. The number of aromatic nitrogens is 1. The maximum Gasteiger partial charge on any atom is 0.401 e. The van der Waals surface area contributed by atoms with Crippen molar-refractivity contribution in [2.24, 2.45) is 0 Å². The molecule has 0 saturated heterocycles. The van der Waals surface area contributed by atoms with Crippen LogP contribution in [0.4, 0.5) is 24.7 Å². The molecule has 6 nitrogen and oxygen atoms in total. The summed E-state index contributed by atoms with van der Waals surface area (Å²) in [5.41, 5.74) is -0.318. The van der Waals surface area contributed by atoms with Gasteiger partial charge in [-0.15, -0.1) is 0 Å². The number of halogens is 4. The molecule has 0 aliphatic rings. The molecule has 118 valence electrons. The average molecular weight is 327 g/mol. The lowest BCUT2D eigenvalue weighted by atomic mass is 10.3. The first-order chi connectivity index (χ1) is 9.73. The van der Waals surface area contributed by atoms with Gasteiger partial charge in [0.25, 0.3) is 0 Å².